The van der Waals surface area contributed by atoms with Crippen LogP contribution in [-0.4, -0.2) is 43.3 Å². The molecule has 1 fully saturated rings. The van der Waals surface area contributed by atoms with Crippen LogP contribution in [-0.2, 0) is 9.53 Å². The Balaban J connectivity index is 2.04. The Kier molecular flexibility index (Phi) is 5.16. The number of carboxylic acids is 1. The lowest BCUT2D eigenvalue weighted by Crippen LogP contribution is -2.43. The highest BCUT2D eigenvalue weighted by atomic mass is 16.5. The first-order valence-corrected chi connectivity index (χ1v) is 6.86. The van der Waals surface area contributed by atoms with Crippen LogP contribution >= 0.6 is 0 Å². The topological polar surface area (TPSA) is 84.9 Å². The number of hydrogen-bond acceptors (Lipinski definition) is 4. The molecule has 1 amide bonds. The van der Waals surface area contributed by atoms with Crippen molar-refractivity contribution in [2.75, 3.05) is 20.3 Å². The minimum absolute atomic E-state index is 0.0911. The molecule has 1 atom stereocenters. The number of methoxy groups -OCH3 is 1. The summed E-state index contributed by atoms with van der Waals surface area (Å²) in [6.45, 7) is 0.497. The highest BCUT2D eigenvalue weighted by Crippen LogP contribution is 2.30. The molecule has 0 bridgehead atoms. The molecule has 2 rings (SSSR count). The highest BCUT2D eigenvalue weighted by Gasteiger charge is 2.24. The lowest BCUT2D eigenvalue weighted by atomic mass is 10.1. The molecule has 0 radical (unpaired) electrons. The number of para-hydroxylation sites is 1. The van der Waals surface area contributed by atoms with Crippen molar-refractivity contribution in [2.45, 2.75) is 18.9 Å². The van der Waals surface area contributed by atoms with Gasteiger partial charge in [0.15, 0.2) is 6.04 Å². The van der Waals surface area contributed by atoms with Crippen molar-refractivity contribution in [1.29, 1.82) is 0 Å². The molecular formula is C15H19NO5. The minimum Gasteiger partial charge on any atom is -0.492 e. The molecule has 0 aromatic heterocycles. The van der Waals surface area contributed by atoms with E-state index in [0.29, 0.717) is 23.8 Å². The molecule has 1 aliphatic rings. The zero-order valence-corrected chi connectivity index (χ0v) is 11.9. The molecule has 0 heterocycles. The van der Waals surface area contributed by atoms with Crippen molar-refractivity contribution in [3.8, 4) is 5.75 Å². The van der Waals surface area contributed by atoms with Crippen molar-refractivity contribution < 1.29 is 24.2 Å². The van der Waals surface area contributed by atoms with Crippen molar-refractivity contribution in [1.82, 2.24) is 5.32 Å². The van der Waals surface area contributed by atoms with Gasteiger partial charge in [0.05, 0.1) is 18.8 Å². The first-order chi connectivity index (χ1) is 10.1. The highest BCUT2D eigenvalue weighted by molar-refractivity contribution is 5.98. The third kappa shape index (κ3) is 4.46. The number of amides is 1. The number of carboxylic acid groups (broad SMARTS) is 1. The number of nitrogens with one attached hydrogen (secondary N) is 1. The molecule has 114 valence electrons. The van der Waals surface area contributed by atoms with Crippen LogP contribution in [0.4, 0.5) is 0 Å². The van der Waals surface area contributed by atoms with Gasteiger partial charge in [-0.3, -0.25) is 4.79 Å². The number of carbonyl (C=O) groups excluding carboxylic acids is 1. The van der Waals surface area contributed by atoms with E-state index in [1.807, 2.05) is 0 Å². The van der Waals surface area contributed by atoms with E-state index in [4.69, 9.17) is 14.6 Å². The van der Waals surface area contributed by atoms with Gasteiger partial charge in [-0.2, -0.15) is 0 Å². The van der Waals surface area contributed by atoms with Gasteiger partial charge in [0.25, 0.3) is 5.91 Å². The Hall–Kier alpha value is -2.08. The van der Waals surface area contributed by atoms with Crippen LogP contribution in [0.15, 0.2) is 24.3 Å². The fourth-order valence-electron chi connectivity index (χ4n) is 1.85. The molecule has 6 heteroatoms. The number of aliphatic carboxylic acids is 1. The number of carbonyl (C=O) groups is 2. The van der Waals surface area contributed by atoms with E-state index in [-0.39, 0.29) is 6.61 Å². The summed E-state index contributed by atoms with van der Waals surface area (Å²) in [5, 5.41) is 11.5. The summed E-state index contributed by atoms with van der Waals surface area (Å²) in [7, 11) is 1.38. The van der Waals surface area contributed by atoms with E-state index >= 15 is 0 Å². The first kappa shape index (κ1) is 15.3. The fourth-order valence-corrected chi connectivity index (χ4v) is 1.85. The number of hydrogen-bond donors (Lipinski definition) is 2. The molecule has 2 N–H and O–H groups in total. The van der Waals surface area contributed by atoms with E-state index < -0.39 is 17.9 Å². The van der Waals surface area contributed by atoms with Gasteiger partial charge in [-0.05, 0) is 30.9 Å². The van der Waals surface area contributed by atoms with E-state index in [1.54, 1.807) is 24.3 Å². The van der Waals surface area contributed by atoms with Crippen molar-refractivity contribution in [3.05, 3.63) is 29.8 Å². The largest absolute Gasteiger partial charge is 0.492 e. The SMILES string of the molecule is COCC(NC(=O)c1ccccc1OCC1CC1)C(=O)O. The lowest BCUT2D eigenvalue weighted by molar-refractivity contribution is -0.140. The molecule has 1 aromatic rings. The molecule has 0 saturated heterocycles. The van der Waals surface area contributed by atoms with E-state index in [1.165, 1.54) is 7.11 Å². The monoisotopic (exact) mass is 293 g/mol. The summed E-state index contributed by atoms with van der Waals surface area (Å²) in [6.07, 6.45) is 2.31. The van der Waals surface area contributed by atoms with Crippen molar-refractivity contribution >= 4 is 11.9 Å². The maximum atomic E-state index is 12.2. The van der Waals surface area contributed by atoms with Crippen LogP contribution < -0.4 is 10.1 Å². The molecular weight excluding hydrogens is 274 g/mol. The predicted octanol–water partition coefficient (Wildman–Crippen LogP) is 1.30. The quantitative estimate of drug-likeness (QED) is 0.754. The molecule has 1 saturated carbocycles. The average molecular weight is 293 g/mol. The molecule has 1 aromatic carbocycles. The fraction of sp³-hybridized carbons (Fsp3) is 0.467. The molecule has 0 aliphatic heterocycles. The Morgan fingerprint density at radius 3 is 2.71 bits per heavy atom. The standard InChI is InChI=1S/C15H19NO5/c1-20-9-12(15(18)19)16-14(17)11-4-2-3-5-13(11)21-8-10-6-7-10/h2-5,10,12H,6-9H2,1H3,(H,16,17)(H,18,19). The van der Waals surface area contributed by atoms with Crippen LogP contribution in [0.1, 0.15) is 23.2 Å². The third-order valence-corrected chi connectivity index (χ3v) is 3.24. The van der Waals surface area contributed by atoms with E-state index in [2.05, 4.69) is 5.32 Å². The van der Waals surface area contributed by atoms with Crippen LogP contribution in [0, 0.1) is 5.92 Å². The predicted molar refractivity (Wildman–Crippen MR) is 75.4 cm³/mol. The van der Waals surface area contributed by atoms with E-state index in [9.17, 15) is 9.59 Å². The van der Waals surface area contributed by atoms with Crippen LogP contribution in [0.3, 0.4) is 0 Å². The van der Waals surface area contributed by atoms with Gasteiger partial charge in [-0.25, -0.2) is 4.79 Å². The summed E-state index contributed by atoms with van der Waals surface area (Å²) in [5.41, 5.74) is 0.334. The molecule has 0 spiro atoms. The number of rotatable bonds is 8. The van der Waals surface area contributed by atoms with Gasteiger partial charge >= 0.3 is 5.97 Å². The van der Waals surface area contributed by atoms with Gasteiger partial charge in [0.1, 0.15) is 5.75 Å². The summed E-state index contributed by atoms with van der Waals surface area (Å²) < 4.78 is 10.4. The second-order valence-electron chi connectivity index (χ2n) is 5.07. The first-order valence-electron chi connectivity index (χ1n) is 6.86. The molecule has 1 unspecified atom stereocenters. The summed E-state index contributed by atoms with van der Waals surface area (Å²) in [6, 6.07) is 5.74. The summed E-state index contributed by atoms with van der Waals surface area (Å²) >= 11 is 0. The zero-order chi connectivity index (χ0) is 15.2. The molecule has 1 aliphatic carbocycles. The van der Waals surface area contributed by atoms with Crippen LogP contribution in [0.2, 0.25) is 0 Å². The van der Waals surface area contributed by atoms with Crippen LogP contribution in [0.25, 0.3) is 0 Å². The van der Waals surface area contributed by atoms with Gasteiger partial charge in [-0.15, -0.1) is 0 Å². The smallest absolute Gasteiger partial charge is 0.328 e. The normalized spacial score (nSPS) is 15.3. The maximum absolute atomic E-state index is 12.2. The van der Waals surface area contributed by atoms with Crippen molar-refractivity contribution in [3.63, 3.8) is 0 Å². The minimum atomic E-state index is -1.14. The summed E-state index contributed by atoms with van der Waals surface area (Å²) in [4.78, 5) is 23.2. The second-order valence-corrected chi connectivity index (χ2v) is 5.07. The number of benzene rings is 1. The lowest BCUT2D eigenvalue weighted by Gasteiger charge is -2.15. The Bertz CT molecular complexity index is 513. The maximum Gasteiger partial charge on any atom is 0.328 e. The van der Waals surface area contributed by atoms with Crippen molar-refractivity contribution in [2.24, 2.45) is 5.92 Å². The molecule has 6 nitrogen and oxygen atoms in total. The van der Waals surface area contributed by atoms with Gasteiger partial charge in [0, 0.05) is 7.11 Å². The molecule has 21 heavy (non-hydrogen) atoms. The Labute approximate surface area is 123 Å². The average Bonchev–Trinajstić information content (AvgIpc) is 3.29. The zero-order valence-electron chi connectivity index (χ0n) is 11.9. The Morgan fingerprint density at radius 1 is 1.38 bits per heavy atom. The van der Waals surface area contributed by atoms with Gasteiger partial charge < -0.3 is 19.9 Å². The second kappa shape index (κ2) is 7.08. The van der Waals surface area contributed by atoms with E-state index in [0.717, 1.165) is 12.8 Å². The van der Waals surface area contributed by atoms with Gasteiger partial charge in [-0.1, -0.05) is 12.1 Å². The Morgan fingerprint density at radius 2 is 2.10 bits per heavy atom. The number of ether oxygens (including phenoxy) is 2. The summed E-state index contributed by atoms with van der Waals surface area (Å²) in [5.74, 6) is -0.572. The van der Waals surface area contributed by atoms with Gasteiger partial charge in [0.2, 0.25) is 0 Å². The third-order valence-electron chi connectivity index (χ3n) is 3.24. The van der Waals surface area contributed by atoms with Crippen LogP contribution in [0.5, 0.6) is 5.75 Å².